The van der Waals surface area contributed by atoms with Gasteiger partial charge in [0.05, 0.1) is 28.5 Å². The topological polar surface area (TPSA) is 102 Å². The molecule has 2 rings (SSSR count). The van der Waals surface area contributed by atoms with Crippen molar-refractivity contribution in [2.75, 3.05) is 11.1 Å². The molecule has 0 fully saturated rings. The maximum absolute atomic E-state index is 12.1. The zero-order valence-electron chi connectivity index (χ0n) is 10.8. The van der Waals surface area contributed by atoms with Gasteiger partial charge in [0.1, 0.15) is 0 Å². The Morgan fingerprint density at radius 1 is 1.39 bits per heavy atom. The van der Waals surface area contributed by atoms with Crippen molar-refractivity contribution in [2.24, 2.45) is 7.05 Å². The van der Waals surface area contributed by atoms with E-state index in [1.165, 1.54) is 0 Å². The fraction of sp³-hybridized carbons (Fsp3) is 0.364. The maximum atomic E-state index is 12.1. The van der Waals surface area contributed by atoms with Crippen LogP contribution < -0.4 is 11.1 Å². The molecule has 0 unspecified atom stereocenters. The summed E-state index contributed by atoms with van der Waals surface area (Å²) in [4.78, 5) is 12.1. The second-order valence-corrected chi connectivity index (χ2v) is 4.23. The van der Waals surface area contributed by atoms with Crippen molar-refractivity contribution in [3.8, 4) is 0 Å². The molecular weight excluding hydrogens is 232 g/mol. The molecule has 0 radical (unpaired) electrons. The number of hydrogen-bond acceptors (Lipinski definition) is 4. The van der Waals surface area contributed by atoms with E-state index in [0.717, 1.165) is 11.4 Å². The molecule has 0 aliphatic rings. The number of aromatic amines is 1. The second-order valence-electron chi connectivity index (χ2n) is 4.23. The average Bonchev–Trinajstić information content (AvgIpc) is 2.75. The Kier molecular flexibility index (Phi) is 2.82. The lowest BCUT2D eigenvalue weighted by Gasteiger charge is -2.04. The molecule has 2 heterocycles. The van der Waals surface area contributed by atoms with Gasteiger partial charge in [0, 0.05) is 7.05 Å². The number of nitrogens with one attached hydrogen (secondary N) is 2. The smallest absolute Gasteiger partial charge is 0.278 e. The number of rotatable bonds is 2. The zero-order valence-corrected chi connectivity index (χ0v) is 10.8. The summed E-state index contributed by atoms with van der Waals surface area (Å²) >= 11 is 0. The first kappa shape index (κ1) is 12.2. The summed E-state index contributed by atoms with van der Waals surface area (Å²) in [6, 6.07) is 0. The van der Waals surface area contributed by atoms with E-state index in [4.69, 9.17) is 5.73 Å². The highest BCUT2D eigenvalue weighted by Gasteiger charge is 2.18. The van der Waals surface area contributed by atoms with Crippen molar-refractivity contribution >= 4 is 17.3 Å². The van der Waals surface area contributed by atoms with Crippen LogP contribution in [0, 0.1) is 20.8 Å². The molecule has 18 heavy (non-hydrogen) atoms. The Morgan fingerprint density at radius 2 is 2.06 bits per heavy atom. The monoisotopic (exact) mass is 248 g/mol. The van der Waals surface area contributed by atoms with E-state index >= 15 is 0 Å². The normalized spacial score (nSPS) is 10.7. The molecule has 7 nitrogen and oxygen atoms in total. The third-order valence-corrected chi connectivity index (χ3v) is 2.96. The molecule has 7 heteroatoms. The maximum Gasteiger partial charge on any atom is 0.278 e. The number of hydrogen-bond donors (Lipinski definition) is 3. The first-order valence-corrected chi connectivity index (χ1v) is 5.53. The Morgan fingerprint density at radius 3 is 2.50 bits per heavy atom. The molecule has 0 aromatic carbocycles. The summed E-state index contributed by atoms with van der Waals surface area (Å²) in [6.07, 6.45) is 0. The van der Waals surface area contributed by atoms with Gasteiger partial charge in [-0.1, -0.05) is 0 Å². The standard InChI is InChI=1S/C11H16N6O/c1-5-8(12)10(15-14-5)11(18)13-9-6(2)16-17(4)7(9)3/h12H2,1-4H3,(H,13,18)(H,14,15). The number of aryl methyl sites for hydroxylation is 3. The van der Waals surface area contributed by atoms with Crippen LogP contribution in [0.1, 0.15) is 27.6 Å². The number of anilines is 2. The Hall–Kier alpha value is -2.31. The van der Waals surface area contributed by atoms with Crippen LogP contribution in [0.25, 0.3) is 0 Å². The number of H-pyrrole nitrogens is 1. The highest BCUT2D eigenvalue weighted by Crippen LogP contribution is 2.20. The van der Waals surface area contributed by atoms with Gasteiger partial charge in [-0.15, -0.1) is 0 Å². The summed E-state index contributed by atoms with van der Waals surface area (Å²) < 4.78 is 1.71. The Bertz CT molecular complexity index is 609. The van der Waals surface area contributed by atoms with E-state index in [9.17, 15) is 4.79 Å². The van der Waals surface area contributed by atoms with Gasteiger partial charge in [-0.25, -0.2) is 0 Å². The van der Waals surface area contributed by atoms with Crippen molar-refractivity contribution in [3.05, 3.63) is 22.8 Å². The number of carbonyl (C=O) groups excluding carboxylic acids is 1. The van der Waals surface area contributed by atoms with Crippen LogP contribution in [-0.4, -0.2) is 25.9 Å². The average molecular weight is 248 g/mol. The second kappa shape index (κ2) is 4.17. The molecule has 0 spiro atoms. The molecule has 0 saturated heterocycles. The van der Waals surface area contributed by atoms with E-state index in [1.807, 2.05) is 20.9 Å². The lowest BCUT2D eigenvalue weighted by molar-refractivity contribution is 0.102. The molecule has 0 aliphatic heterocycles. The summed E-state index contributed by atoms with van der Waals surface area (Å²) in [5.74, 6) is -0.337. The SMILES string of the molecule is Cc1nn(C)c(C)c1NC(=O)c1n[nH]c(C)c1N. The highest BCUT2D eigenvalue weighted by molar-refractivity contribution is 6.07. The van der Waals surface area contributed by atoms with Crippen molar-refractivity contribution < 1.29 is 4.79 Å². The number of nitrogens with zero attached hydrogens (tertiary/aromatic N) is 3. The fourth-order valence-electron chi connectivity index (χ4n) is 1.74. The molecule has 0 atom stereocenters. The molecule has 4 N–H and O–H groups in total. The van der Waals surface area contributed by atoms with Gasteiger partial charge in [-0.05, 0) is 20.8 Å². The number of nitrogens with two attached hydrogens (primary N) is 1. The van der Waals surface area contributed by atoms with Crippen molar-refractivity contribution in [2.45, 2.75) is 20.8 Å². The molecule has 2 aromatic heterocycles. The molecule has 96 valence electrons. The zero-order chi connectivity index (χ0) is 13.4. The van der Waals surface area contributed by atoms with E-state index < -0.39 is 0 Å². The Balaban J connectivity index is 2.30. The van der Waals surface area contributed by atoms with Gasteiger partial charge in [-0.3, -0.25) is 14.6 Å². The van der Waals surface area contributed by atoms with Gasteiger partial charge in [0.2, 0.25) is 0 Å². The van der Waals surface area contributed by atoms with E-state index in [-0.39, 0.29) is 11.6 Å². The minimum Gasteiger partial charge on any atom is -0.395 e. The van der Waals surface area contributed by atoms with Crippen LogP contribution in [0.2, 0.25) is 0 Å². The predicted octanol–water partition coefficient (Wildman–Crippen LogP) is 0.903. The van der Waals surface area contributed by atoms with Crippen LogP contribution in [-0.2, 0) is 7.05 Å². The van der Waals surface area contributed by atoms with E-state index in [0.29, 0.717) is 17.1 Å². The first-order chi connectivity index (χ1) is 8.41. The highest BCUT2D eigenvalue weighted by atomic mass is 16.2. The molecule has 0 saturated carbocycles. The predicted molar refractivity (Wildman–Crippen MR) is 68.4 cm³/mol. The molecule has 2 aromatic rings. The van der Waals surface area contributed by atoms with Gasteiger partial charge in [0.15, 0.2) is 5.69 Å². The molecular formula is C11H16N6O. The number of amides is 1. The Labute approximate surface area is 104 Å². The van der Waals surface area contributed by atoms with Gasteiger partial charge < -0.3 is 11.1 Å². The summed E-state index contributed by atoms with van der Waals surface area (Å²) in [5, 5.41) is 13.6. The minimum atomic E-state index is -0.337. The van der Waals surface area contributed by atoms with Gasteiger partial charge >= 0.3 is 0 Å². The van der Waals surface area contributed by atoms with Crippen molar-refractivity contribution in [1.29, 1.82) is 0 Å². The van der Waals surface area contributed by atoms with Crippen LogP contribution in [0.15, 0.2) is 0 Å². The van der Waals surface area contributed by atoms with Crippen molar-refractivity contribution in [1.82, 2.24) is 20.0 Å². The van der Waals surface area contributed by atoms with Crippen LogP contribution in [0.3, 0.4) is 0 Å². The van der Waals surface area contributed by atoms with E-state index in [2.05, 4.69) is 20.6 Å². The number of carbonyl (C=O) groups is 1. The molecule has 0 bridgehead atoms. The third-order valence-electron chi connectivity index (χ3n) is 2.96. The van der Waals surface area contributed by atoms with Gasteiger partial charge in [0.25, 0.3) is 5.91 Å². The number of aromatic nitrogens is 4. The molecule has 0 aliphatic carbocycles. The molecule has 1 amide bonds. The van der Waals surface area contributed by atoms with Crippen LogP contribution in [0.5, 0.6) is 0 Å². The summed E-state index contributed by atoms with van der Waals surface area (Å²) in [7, 11) is 1.82. The number of nitrogen functional groups attached to an aromatic ring is 1. The lowest BCUT2D eigenvalue weighted by Crippen LogP contribution is -2.15. The third kappa shape index (κ3) is 1.83. The van der Waals surface area contributed by atoms with Crippen LogP contribution in [0.4, 0.5) is 11.4 Å². The largest absolute Gasteiger partial charge is 0.395 e. The summed E-state index contributed by atoms with van der Waals surface area (Å²) in [6.45, 7) is 5.48. The summed E-state index contributed by atoms with van der Waals surface area (Å²) in [5.41, 5.74) is 9.35. The lowest BCUT2D eigenvalue weighted by atomic mass is 10.2. The minimum absolute atomic E-state index is 0.204. The quantitative estimate of drug-likeness (QED) is 0.734. The van der Waals surface area contributed by atoms with Gasteiger partial charge in [-0.2, -0.15) is 10.2 Å². The van der Waals surface area contributed by atoms with E-state index in [1.54, 1.807) is 11.6 Å². The van der Waals surface area contributed by atoms with Crippen LogP contribution >= 0.6 is 0 Å². The fourth-order valence-corrected chi connectivity index (χ4v) is 1.74. The van der Waals surface area contributed by atoms with Crippen molar-refractivity contribution in [3.63, 3.8) is 0 Å². The first-order valence-electron chi connectivity index (χ1n) is 5.53.